The molecule has 0 saturated heterocycles. The minimum Gasteiger partial charge on any atom is -0.495 e. The molecule has 0 atom stereocenters. The first kappa shape index (κ1) is 24.6. The first-order valence-corrected chi connectivity index (χ1v) is 11.2. The SMILES string of the molecule is COc1ccc(C(=O)NCC(=O)Nc2ccc(C)cc2Cl)cc1S(=O)(=O)NC(C)(C)C. The van der Waals surface area contributed by atoms with Gasteiger partial charge < -0.3 is 15.4 Å². The van der Waals surface area contributed by atoms with Gasteiger partial charge >= 0.3 is 0 Å². The molecule has 168 valence electrons. The molecule has 0 heterocycles. The fourth-order valence-electron chi connectivity index (χ4n) is 2.66. The Morgan fingerprint density at radius 3 is 2.35 bits per heavy atom. The van der Waals surface area contributed by atoms with E-state index in [0.29, 0.717) is 10.7 Å². The Balaban J connectivity index is 2.14. The van der Waals surface area contributed by atoms with Crippen LogP contribution >= 0.6 is 11.6 Å². The quantitative estimate of drug-likeness (QED) is 0.579. The predicted octanol–water partition coefficient (Wildman–Crippen LogP) is 3.10. The van der Waals surface area contributed by atoms with Crippen molar-refractivity contribution in [2.75, 3.05) is 19.0 Å². The number of amides is 2. The third kappa shape index (κ3) is 6.95. The highest BCUT2D eigenvalue weighted by Gasteiger charge is 2.26. The lowest BCUT2D eigenvalue weighted by atomic mass is 10.1. The first-order chi connectivity index (χ1) is 14.3. The number of halogens is 1. The zero-order chi connectivity index (χ0) is 23.4. The van der Waals surface area contributed by atoms with Crippen LogP contribution in [-0.4, -0.2) is 39.4 Å². The number of carbonyl (C=O) groups excluding carboxylic acids is 2. The highest BCUT2D eigenvalue weighted by molar-refractivity contribution is 7.89. The molecule has 0 unspecified atom stereocenters. The van der Waals surface area contributed by atoms with Gasteiger partial charge in [0.1, 0.15) is 10.6 Å². The van der Waals surface area contributed by atoms with E-state index in [1.165, 1.54) is 25.3 Å². The number of carbonyl (C=O) groups is 2. The Bertz CT molecular complexity index is 1090. The molecule has 2 aromatic carbocycles. The average molecular weight is 468 g/mol. The fourth-order valence-corrected chi connectivity index (χ4v) is 4.56. The van der Waals surface area contributed by atoms with Crippen molar-refractivity contribution in [1.29, 1.82) is 0 Å². The van der Waals surface area contributed by atoms with E-state index >= 15 is 0 Å². The third-order valence-corrected chi connectivity index (χ3v) is 6.06. The van der Waals surface area contributed by atoms with Gasteiger partial charge in [0, 0.05) is 11.1 Å². The van der Waals surface area contributed by atoms with Crippen LogP contribution in [0, 0.1) is 6.92 Å². The molecule has 0 radical (unpaired) electrons. The van der Waals surface area contributed by atoms with Gasteiger partial charge in [0.25, 0.3) is 5.91 Å². The molecule has 0 aliphatic carbocycles. The van der Waals surface area contributed by atoms with Crippen molar-refractivity contribution in [3.8, 4) is 5.75 Å². The number of hydrogen-bond acceptors (Lipinski definition) is 5. The van der Waals surface area contributed by atoms with E-state index in [-0.39, 0.29) is 22.8 Å². The summed E-state index contributed by atoms with van der Waals surface area (Å²) in [6.07, 6.45) is 0. The molecule has 31 heavy (non-hydrogen) atoms. The van der Waals surface area contributed by atoms with Crippen molar-refractivity contribution in [1.82, 2.24) is 10.0 Å². The second-order valence-electron chi connectivity index (χ2n) is 7.94. The lowest BCUT2D eigenvalue weighted by molar-refractivity contribution is -0.115. The fraction of sp³-hybridized carbons (Fsp3) is 0.333. The number of rotatable bonds is 7. The minimum atomic E-state index is -3.95. The topological polar surface area (TPSA) is 114 Å². The lowest BCUT2D eigenvalue weighted by Gasteiger charge is -2.21. The van der Waals surface area contributed by atoms with Crippen LogP contribution in [0.2, 0.25) is 5.02 Å². The number of sulfonamides is 1. The number of anilines is 1. The maximum Gasteiger partial charge on any atom is 0.251 e. The van der Waals surface area contributed by atoms with Crippen LogP contribution in [0.25, 0.3) is 0 Å². The zero-order valence-electron chi connectivity index (χ0n) is 18.0. The molecule has 10 heteroatoms. The standard InChI is InChI=1S/C21H26ClN3O5S/c1-13-6-8-16(15(22)10-13)24-19(26)12-23-20(27)14-7-9-17(30-5)18(11-14)31(28,29)25-21(2,3)4/h6-11,25H,12H2,1-5H3,(H,23,27)(H,24,26). The Kier molecular flexibility index (Phi) is 7.69. The van der Waals surface area contributed by atoms with Crippen LogP contribution in [0.3, 0.4) is 0 Å². The van der Waals surface area contributed by atoms with Gasteiger partial charge in [-0.2, -0.15) is 0 Å². The van der Waals surface area contributed by atoms with Gasteiger partial charge in [-0.15, -0.1) is 0 Å². The van der Waals surface area contributed by atoms with Crippen LogP contribution in [0.1, 0.15) is 36.7 Å². The molecule has 0 aliphatic heterocycles. The summed E-state index contributed by atoms with van der Waals surface area (Å²) in [6.45, 7) is 6.65. The van der Waals surface area contributed by atoms with E-state index in [4.69, 9.17) is 16.3 Å². The summed E-state index contributed by atoms with van der Waals surface area (Å²) in [5, 5.41) is 5.46. The summed E-state index contributed by atoms with van der Waals surface area (Å²) >= 11 is 6.09. The first-order valence-electron chi connectivity index (χ1n) is 9.38. The Morgan fingerprint density at radius 1 is 1.10 bits per heavy atom. The maximum atomic E-state index is 12.7. The summed E-state index contributed by atoms with van der Waals surface area (Å²) < 4.78 is 33.1. The summed E-state index contributed by atoms with van der Waals surface area (Å²) in [5.41, 5.74) is 0.716. The van der Waals surface area contributed by atoms with Gasteiger partial charge in [0.2, 0.25) is 15.9 Å². The Labute approximate surface area is 187 Å². The minimum absolute atomic E-state index is 0.0660. The number of methoxy groups -OCH3 is 1. The number of benzene rings is 2. The second kappa shape index (κ2) is 9.67. The normalized spacial score (nSPS) is 11.7. The van der Waals surface area contributed by atoms with Gasteiger partial charge in [-0.3, -0.25) is 9.59 Å². The monoisotopic (exact) mass is 467 g/mol. The Hall–Kier alpha value is -2.62. The summed E-state index contributed by atoms with van der Waals surface area (Å²) in [5.74, 6) is -0.991. The van der Waals surface area contributed by atoms with E-state index in [9.17, 15) is 18.0 Å². The van der Waals surface area contributed by atoms with Crippen LogP contribution in [-0.2, 0) is 14.8 Å². The van der Waals surface area contributed by atoms with Gasteiger partial charge in [-0.1, -0.05) is 17.7 Å². The number of hydrogen-bond donors (Lipinski definition) is 3. The van der Waals surface area contributed by atoms with Gasteiger partial charge in [-0.25, -0.2) is 13.1 Å². The summed E-state index contributed by atoms with van der Waals surface area (Å²) in [6, 6.07) is 9.18. The Morgan fingerprint density at radius 2 is 1.77 bits per heavy atom. The van der Waals surface area contributed by atoms with Gasteiger partial charge in [0.15, 0.2) is 0 Å². The number of nitrogens with one attached hydrogen (secondary N) is 3. The molecule has 0 spiro atoms. The molecular weight excluding hydrogens is 442 g/mol. The van der Waals surface area contributed by atoms with Crippen molar-refractivity contribution < 1.29 is 22.7 Å². The highest BCUT2D eigenvalue weighted by Crippen LogP contribution is 2.26. The van der Waals surface area contributed by atoms with Crippen molar-refractivity contribution in [2.45, 2.75) is 38.1 Å². The van der Waals surface area contributed by atoms with Crippen LogP contribution in [0.15, 0.2) is 41.3 Å². The molecule has 2 amide bonds. The molecule has 2 aromatic rings. The summed E-state index contributed by atoms with van der Waals surface area (Å²) in [7, 11) is -2.61. The second-order valence-corrected chi connectivity index (χ2v) is 9.99. The number of ether oxygens (including phenoxy) is 1. The molecule has 8 nitrogen and oxygen atoms in total. The zero-order valence-corrected chi connectivity index (χ0v) is 19.6. The molecule has 3 N–H and O–H groups in total. The molecule has 0 aliphatic rings. The smallest absolute Gasteiger partial charge is 0.251 e. The van der Waals surface area contributed by atoms with Crippen molar-refractivity contribution in [3.63, 3.8) is 0 Å². The third-order valence-electron chi connectivity index (χ3n) is 3.96. The molecule has 0 saturated carbocycles. The summed E-state index contributed by atoms with van der Waals surface area (Å²) in [4.78, 5) is 24.5. The maximum absolute atomic E-state index is 12.7. The molecule has 2 rings (SSSR count). The van der Waals surface area contributed by atoms with Crippen molar-refractivity contribution in [3.05, 3.63) is 52.5 Å². The van der Waals surface area contributed by atoms with Crippen molar-refractivity contribution in [2.24, 2.45) is 0 Å². The molecule has 0 fully saturated rings. The van der Waals surface area contributed by atoms with Crippen LogP contribution < -0.4 is 20.1 Å². The molecular formula is C21H26ClN3O5S. The van der Waals surface area contributed by atoms with E-state index in [1.54, 1.807) is 39.0 Å². The van der Waals surface area contributed by atoms with Crippen LogP contribution in [0.5, 0.6) is 5.75 Å². The van der Waals surface area contributed by atoms with Gasteiger partial charge in [-0.05, 0) is 63.6 Å². The van der Waals surface area contributed by atoms with E-state index in [2.05, 4.69) is 15.4 Å². The number of aryl methyl sites for hydroxylation is 1. The van der Waals surface area contributed by atoms with Gasteiger partial charge in [0.05, 0.1) is 24.4 Å². The molecule has 0 bridgehead atoms. The average Bonchev–Trinajstić information content (AvgIpc) is 2.66. The molecule has 0 aromatic heterocycles. The van der Waals surface area contributed by atoms with E-state index in [1.807, 2.05) is 6.92 Å². The van der Waals surface area contributed by atoms with Crippen molar-refractivity contribution >= 4 is 39.1 Å². The highest BCUT2D eigenvalue weighted by atomic mass is 35.5. The lowest BCUT2D eigenvalue weighted by Crippen LogP contribution is -2.40. The van der Waals surface area contributed by atoms with Crippen LogP contribution in [0.4, 0.5) is 5.69 Å². The van der Waals surface area contributed by atoms with E-state index in [0.717, 1.165) is 5.56 Å². The van der Waals surface area contributed by atoms with E-state index < -0.39 is 27.4 Å². The largest absolute Gasteiger partial charge is 0.495 e. The predicted molar refractivity (Wildman–Crippen MR) is 120 cm³/mol.